The Labute approximate surface area is 161 Å². The summed E-state index contributed by atoms with van der Waals surface area (Å²) in [4.78, 5) is 12.1. The van der Waals surface area contributed by atoms with Crippen molar-refractivity contribution in [3.05, 3.63) is 65.5 Å². The number of anilines is 1. The van der Waals surface area contributed by atoms with Gasteiger partial charge in [0, 0.05) is 5.39 Å². The van der Waals surface area contributed by atoms with Crippen LogP contribution in [-0.2, 0) is 4.79 Å². The highest BCUT2D eigenvalue weighted by Crippen LogP contribution is 2.26. The van der Waals surface area contributed by atoms with Crippen LogP contribution < -0.4 is 5.32 Å². The average molecular weight is 402 g/mol. The van der Waals surface area contributed by atoms with Crippen LogP contribution in [0.4, 0.5) is 18.9 Å². The van der Waals surface area contributed by atoms with E-state index in [1.165, 1.54) is 0 Å². The third-order valence-corrected chi connectivity index (χ3v) is 5.14. The van der Waals surface area contributed by atoms with Gasteiger partial charge in [-0.15, -0.1) is 10.2 Å². The van der Waals surface area contributed by atoms with Gasteiger partial charge in [-0.2, -0.15) is 0 Å². The topological polar surface area (TPSA) is 59.3 Å². The van der Waals surface area contributed by atoms with Crippen molar-refractivity contribution in [1.29, 1.82) is 0 Å². The van der Waals surface area contributed by atoms with Crippen LogP contribution >= 0.6 is 11.8 Å². The zero-order valence-electron chi connectivity index (χ0n) is 14.5. The summed E-state index contributed by atoms with van der Waals surface area (Å²) in [6.07, 6.45) is 0. The standard InChI is InChI=1S/C19H13F3N4OS/c1-10-8-15-24-25-19(26(15)14-5-3-2-4-11(10)14)28-9-16(27)23-13-7-6-12(20)17(21)18(13)22/h2-8H,9H2,1H3,(H,23,27). The maximum atomic E-state index is 13.7. The molecule has 9 heteroatoms. The van der Waals surface area contributed by atoms with Crippen LogP contribution in [0.25, 0.3) is 16.6 Å². The van der Waals surface area contributed by atoms with Crippen molar-refractivity contribution < 1.29 is 18.0 Å². The molecule has 28 heavy (non-hydrogen) atoms. The molecule has 0 aliphatic heterocycles. The van der Waals surface area contributed by atoms with Gasteiger partial charge in [0.1, 0.15) is 0 Å². The van der Waals surface area contributed by atoms with Crippen molar-refractivity contribution >= 4 is 39.9 Å². The number of rotatable bonds is 4. The summed E-state index contributed by atoms with van der Waals surface area (Å²) in [5, 5.41) is 12.0. The molecule has 0 atom stereocenters. The molecule has 1 N–H and O–H groups in total. The van der Waals surface area contributed by atoms with Crippen LogP contribution in [0.15, 0.2) is 47.6 Å². The lowest BCUT2D eigenvalue weighted by molar-refractivity contribution is -0.113. The Hall–Kier alpha value is -3.07. The summed E-state index contributed by atoms with van der Waals surface area (Å²) >= 11 is 1.10. The summed E-state index contributed by atoms with van der Waals surface area (Å²) in [5.74, 6) is -5.07. The number of hydrogen-bond donors (Lipinski definition) is 1. The fraction of sp³-hybridized carbons (Fsp3) is 0.105. The van der Waals surface area contributed by atoms with Crippen LogP contribution in [-0.4, -0.2) is 26.3 Å². The lowest BCUT2D eigenvalue weighted by Crippen LogP contribution is -2.16. The Balaban J connectivity index is 1.57. The number of aromatic nitrogens is 3. The SMILES string of the molecule is Cc1cc2nnc(SCC(=O)Nc3ccc(F)c(F)c3F)n2c2ccccc12. The molecule has 0 aliphatic carbocycles. The number of nitrogens with zero attached hydrogens (tertiary/aromatic N) is 3. The maximum Gasteiger partial charge on any atom is 0.234 e. The molecule has 4 rings (SSSR count). The molecule has 2 heterocycles. The van der Waals surface area contributed by atoms with Gasteiger partial charge in [-0.3, -0.25) is 9.20 Å². The first kappa shape index (κ1) is 18.3. The van der Waals surface area contributed by atoms with E-state index in [1.54, 1.807) is 0 Å². The van der Waals surface area contributed by atoms with E-state index in [0.29, 0.717) is 10.8 Å². The van der Waals surface area contributed by atoms with Gasteiger partial charge in [0.25, 0.3) is 0 Å². The normalized spacial score (nSPS) is 11.3. The predicted octanol–water partition coefficient (Wildman–Crippen LogP) is 4.34. The number of pyridine rings is 1. The molecule has 0 saturated heterocycles. The van der Waals surface area contributed by atoms with Crippen molar-refractivity contribution in [2.75, 3.05) is 11.1 Å². The lowest BCUT2D eigenvalue weighted by atomic mass is 10.1. The molecule has 142 valence electrons. The Morgan fingerprint density at radius 1 is 1.11 bits per heavy atom. The van der Waals surface area contributed by atoms with Crippen LogP contribution in [0.3, 0.4) is 0 Å². The summed E-state index contributed by atoms with van der Waals surface area (Å²) in [5.41, 5.74) is 2.18. The summed E-state index contributed by atoms with van der Waals surface area (Å²) in [6, 6.07) is 11.4. The predicted molar refractivity (Wildman–Crippen MR) is 101 cm³/mol. The second-order valence-electron chi connectivity index (χ2n) is 6.08. The van der Waals surface area contributed by atoms with Crippen molar-refractivity contribution in [2.24, 2.45) is 0 Å². The van der Waals surface area contributed by atoms with E-state index >= 15 is 0 Å². The van der Waals surface area contributed by atoms with E-state index in [0.717, 1.165) is 40.4 Å². The zero-order valence-corrected chi connectivity index (χ0v) is 15.4. The molecule has 0 radical (unpaired) electrons. The Morgan fingerprint density at radius 3 is 2.71 bits per heavy atom. The van der Waals surface area contributed by atoms with E-state index < -0.39 is 29.0 Å². The monoisotopic (exact) mass is 402 g/mol. The highest BCUT2D eigenvalue weighted by atomic mass is 32.2. The van der Waals surface area contributed by atoms with Crippen LogP contribution in [0.1, 0.15) is 5.56 Å². The van der Waals surface area contributed by atoms with Crippen LogP contribution in [0, 0.1) is 24.4 Å². The number of benzene rings is 2. The molecular formula is C19H13F3N4OS. The fourth-order valence-corrected chi connectivity index (χ4v) is 3.66. The minimum absolute atomic E-state index is 0.110. The highest BCUT2D eigenvalue weighted by molar-refractivity contribution is 7.99. The number of carbonyl (C=O) groups excluding carboxylic acids is 1. The van der Waals surface area contributed by atoms with Gasteiger partial charge in [-0.25, -0.2) is 13.2 Å². The van der Waals surface area contributed by atoms with E-state index in [9.17, 15) is 18.0 Å². The molecular weight excluding hydrogens is 389 g/mol. The van der Waals surface area contributed by atoms with Crippen LogP contribution in [0.5, 0.6) is 0 Å². The molecule has 0 aliphatic rings. The second-order valence-corrected chi connectivity index (χ2v) is 7.02. The Kier molecular flexibility index (Phi) is 4.68. The molecule has 2 aromatic heterocycles. The number of hydrogen-bond acceptors (Lipinski definition) is 4. The van der Waals surface area contributed by atoms with E-state index in [-0.39, 0.29) is 5.75 Å². The zero-order chi connectivity index (χ0) is 19.8. The minimum Gasteiger partial charge on any atom is -0.323 e. The minimum atomic E-state index is -1.63. The molecule has 0 unspecified atom stereocenters. The van der Waals surface area contributed by atoms with Gasteiger partial charge in [0.05, 0.1) is 17.0 Å². The van der Waals surface area contributed by atoms with Gasteiger partial charge < -0.3 is 5.32 Å². The number of amides is 1. The van der Waals surface area contributed by atoms with Gasteiger partial charge >= 0.3 is 0 Å². The Bertz CT molecular complexity index is 1220. The largest absolute Gasteiger partial charge is 0.323 e. The smallest absolute Gasteiger partial charge is 0.234 e. The number of fused-ring (bicyclic) bond motifs is 3. The third kappa shape index (κ3) is 3.18. The van der Waals surface area contributed by atoms with Gasteiger partial charge in [0.2, 0.25) is 5.91 Å². The Morgan fingerprint density at radius 2 is 1.89 bits per heavy atom. The first-order valence-corrected chi connectivity index (χ1v) is 9.24. The van der Waals surface area contributed by atoms with Crippen LogP contribution in [0.2, 0.25) is 0 Å². The second kappa shape index (κ2) is 7.16. The summed E-state index contributed by atoms with van der Waals surface area (Å²) in [7, 11) is 0. The van der Waals surface area contributed by atoms with Crippen molar-refractivity contribution in [3.63, 3.8) is 0 Å². The molecule has 5 nitrogen and oxygen atoms in total. The van der Waals surface area contributed by atoms with Crippen molar-refractivity contribution in [1.82, 2.24) is 14.6 Å². The molecule has 0 bridgehead atoms. The molecule has 2 aromatic carbocycles. The van der Waals surface area contributed by atoms with Crippen molar-refractivity contribution in [3.8, 4) is 0 Å². The molecule has 0 fully saturated rings. The van der Waals surface area contributed by atoms with E-state index in [2.05, 4.69) is 15.5 Å². The summed E-state index contributed by atoms with van der Waals surface area (Å²) in [6.45, 7) is 1.98. The first-order chi connectivity index (χ1) is 13.5. The number of nitrogens with one attached hydrogen (secondary N) is 1. The van der Waals surface area contributed by atoms with Gasteiger partial charge in [-0.1, -0.05) is 30.0 Å². The fourth-order valence-electron chi connectivity index (χ4n) is 2.91. The summed E-state index contributed by atoms with van der Waals surface area (Å²) < 4.78 is 41.8. The molecule has 1 amide bonds. The number of thioether (sulfide) groups is 1. The molecule has 0 saturated carbocycles. The van der Waals surface area contributed by atoms with Gasteiger partial charge in [-0.05, 0) is 36.8 Å². The van der Waals surface area contributed by atoms with E-state index in [1.807, 2.05) is 41.7 Å². The highest BCUT2D eigenvalue weighted by Gasteiger charge is 2.17. The maximum absolute atomic E-state index is 13.7. The third-order valence-electron chi connectivity index (χ3n) is 4.22. The molecule has 0 spiro atoms. The average Bonchev–Trinajstić information content (AvgIpc) is 3.10. The number of halogens is 3. The van der Waals surface area contributed by atoms with Crippen molar-refractivity contribution in [2.45, 2.75) is 12.1 Å². The van der Waals surface area contributed by atoms with E-state index in [4.69, 9.17) is 0 Å². The van der Waals surface area contributed by atoms with Gasteiger partial charge in [0.15, 0.2) is 28.3 Å². The molecule has 4 aromatic rings. The first-order valence-electron chi connectivity index (χ1n) is 8.25. The lowest BCUT2D eigenvalue weighted by Gasteiger charge is -2.08. The quantitative estimate of drug-likeness (QED) is 0.408. The number of aryl methyl sites for hydroxylation is 1. The number of carbonyl (C=O) groups is 1. The number of para-hydroxylation sites is 1.